The van der Waals surface area contributed by atoms with E-state index in [-0.39, 0.29) is 30.9 Å². The van der Waals surface area contributed by atoms with Crippen LogP contribution in [-0.4, -0.2) is 17.5 Å². The predicted molar refractivity (Wildman–Crippen MR) is 84.2 cm³/mol. The van der Waals surface area contributed by atoms with Crippen molar-refractivity contribution in [3.05, 3.63) is 69.5 Å². The zero-order valence-electron chi connectivity index (χ0n) is 13.0. The molecule has 126 valence electrons. The summed E-state index contributed by atoms with van der Waals surface area (Å²) >= 11 is 0. The van der Waals surface area contributed by atoms with Gasteiger partial charge in [-0.05, 0) is 30.2 Å². The molecule has 0 atom stereocenters. The number of rotatable bonds is 7. The Morgan fingerprint density at radius 3 is 2.54 bits per heavy atom. The predicted octanol–water partition coefficient (Wildman–Crippen LogP) is 3.42. The third-order valence-corrected chi connectivity index (χ3v) is 3.16. The van der Waals surface area contributed by atoms with Crippen LogP contribution in [0.2, 0.25) is 0 Å². The Balaban J connectivity index is 2.26. The van der Waals surface area contributed by atoms with Gasteiger partial charge in [0.25, 0.3) is 0 Å². The van der Waals surface area contributed by atoms with E-state index in [9.17, 15) is 19.3 Å². The highest BCUT2D eigenvalue weighted by Gasteiger charge is 2.24. The molecule has 0 radical (unpaired) electrons. The van der Waals surface area contributed by atoms with Gasteiger partial charge in [-0.1, -0.05) is 30.3 Å². The summed E-state index contributed by atoms with van der Waals surface area (Å²) in [5.41, 5.74) is 0.279. The number of carbonyl (C=O) groups excluding carboxylic acids is 1. The minimum atomic E-state index is -1.05. The zero-order chi connectivity index (χ0) is 17.5. The van der Waals surface area contributed by atoms with Crippen LogP contribution >= 0.6 is 0 Å². The fourth-order valence-electron chi connectivity index (χ4n) is 2.13. The van der Waals surface area contributed by atoms with Crippen LogP contribution in [0.25, 0.3) is 0 Å². The lowest BCUT2D eigenvalue weighted by Crippen LogP contribution is -2.09. The maximum absolute atomic E-state index is 14.0. The Bertz CT molecular complexity index is 733. The molecular weight excluding hydrogens is 317 g/mol. The summed E-state index contributed by atoms with van der Waals surface area (Å²) in [6.45, 7) is 1.90. The highest BCUT2D eigenvalue weighted by molar-refractivity contribution is 5.73. The highest BCUT2D eigenvalue weighted by Crippen LogP contribution is 2.32. The second kappa shape index (κ2) is 8.05. The van der Waals surface area contributed by atoms with Gasteiger partial charge in [-0.25, -0.2) is 0 Å². The molecule has 24 heavy (non-hydrogen) atoms. The smallest absolute Gasteiger partial charge is 0.346 e. The first-order valence-electron chi connectivity index (χ1n) is 7.30. The van der Waals surface area contributed by atoms with Crippen LogP contribution in [0.4, 0.5) is 10.1 Å². The molecule has 0 amide bonds. The van der Waals surface area contributed by atoms with E-state index >= 15 is 0 Å². The summed E-state index contributed by atoms with van der Waals surface area (Å²) in [6, 6.07) is 11.2. The molecule has 0 fully saturated rings. The Morgan fingerprint density at radius 1 is 1.21 bits per heavy atom. The van der Waals surface area contributed by atoms with Gasteiger partial charge in [0.1, 0.15) is 6.61 Å². The van der Waals surface area contributed by atoms with E-state index in [1.807, 2.05) is 6.07 Å². The Hall–Kier alpha value is -2.96. The van der Waals surface area contributed by atoms with Gasteiger partial charge in [0.15, 0.2) is 0 Å². The maximum atomic E-state index is 14.0. The summed E-state index contributed by atoms with van der Waals surface area (Å²) in [6.07, 6.45) is -0.190. The van der Waals surface area contributed by atoms with Crippen LogP contribution in [0.1, 0.15) is 18.1 Å². The van der Waals surface area contributed by atoms with Crippen molar-refractivity contribution in [2.45, 2.75) is 20.0 Å². The number of hydrogen-bond donors (Lipinski definition) is 0. The first kappa shape index (κ1) is 17.4. The third kappa shape index (κ3) is 4.52. The van der Waals surface area contributed by atoms with Crippen LogP contribution in [0.15, 0.2) is 42.5 Å². The second-order valence-corrected chi connectivity index (χ2v) is 4.94. The van der Waals surface area contributed by atoms with Gasteiger partial charge in [-0.2, -0.15) is 4.39 Å². The van der Waals surface area contributed by atoms with E-state index in [0.29, 0.717) is 0 Å². The molecule has 0 unspecified atom stereocenters. The molecule has 2 rings (SSSR count). The van der Waals surface area contributed by atoms with Crippen LogP contribution in [0, 0.1) is 15.9 Å². The maximum Gasteiger partial charge on any atom is 0.346 e. The summed E-state index contributed by atoms with van der Waals surface area (Å²) in [7, 11) is 0. The van der Waals surface area contributed by atoms with Gasteiger partial charge < -0.3 is 9.47 Å². The number of nitrogens with zero attached hydrogens (tertiary/aromatic N) is 1. The van der Waals surface area contributed by atoms with E-state index in [0.717, 1.165) is 11.6 Å². The lowest BCUT2D eigenvalue weighted by Gasteiger charge is -2.10. The molecule has 7 heteroatoms. The van der Waals surface area contributed by atoms with Crippen molar-refractivity contribution in [1.82, 2.24) is 0 Å². The topological polar surface area (TPSA) is 78.7 Å². The molecule has 0 aliphatic heterocycles. The van der Waals surface area contributed by atoms with Crippen LogP contribution in [0.3, 0.4) is 0 Å². The van der Waals surface area contributed by atoms with Crippen molar-refractivity contribution >= 4 is 11.7 Å². The van der Waals surface area contributed by atoms with Gasteiger partial charge in [-0.15, -0.1) is 0 Å². The quantitative estimate of drug-likeness (QED) is 0.441. The second-order valence-electron chi connectivity index (χ2n) is 4.94. The number of halogens is 1. The number of benzene rings is 2. The van der Waals surface area contributed by atoms with E-state index < -0.39 is 22.4 Å². The Labute approximate surface area is 138 Å². The van der Waals surface area contributed by atoms with Gasteiger partial charge in [-0.3, -0.25) is 14.9 Å². The van der Waals surface area contributed by atoms with Crippen LogP contribution in [0.5, 0.6) is 5.75 Å². The van der Waals surface area contributed by atoms with Crippen molar-refractivity contribution in [2.75, 3.05) is 6.61 Å². The highest BCUT2D eigenvalue weighted by atomic mass is 19.1. The van der Waals surface area contributed by atoms with E-state index in [2.05, 4.69) is 0 Å². The van der Waals surface area contributed by atoms with Crippen molar-refractivity contribution < 1.29 is 23.6 Å². The van der Waals surface area contributed by atoms with Crippen LogP contribution in [-0.2, 0) is 22.6 Å². The van der Waals surface area contributed by atoms with Crippen molar-refractivity contribution in [3.8, 4) is 5.75 Å². The molecule has 0 saturated heterocycles. The first-order chi connectivity index (χ1) is 11.5. The number of ether oxygens (including phenoxy) is 2. The first-order valence-corrected chi connectivity index (χ1v) is 7.30. The molecule has 0 N–H and O–H groups in total. The lowest BCUT2D eigenvalue weighted by molar-refractivity contribution is -0.388. The normalized spacial score (nSPS) is 10.2. The van der Waals surface area contributed by atoms with Gasteiger partial charge in [0.2, 0.25) is 11.6 Å². The van der Waals surface area contributed by atoms with E-state index in [1.165, 1.54) is 6.07 Å². The average Bonchev–Trinajstić information content (AvgIpc) is 2.53. The van der Waals surface area contributed by atoms with Gasteiger partial charge >= 0.3 is 11.7 Å². The molecule has 0 aliphatic rings. The fourth-order valence-corrected chi connectivity index (χ4v) is 2.13. The molecule has 2 aromatic carbocycles. The molecule has 2 aromatic rings. The number of carbonyl (C=O) groups is 1. The largest absolute Gasteiger partial charge is 0.482 e. The van der Waals surface area contributed by atoms with Crippen molar-refractivity contribution in [3.63, 3.8) is 0 Å². The van der Waals surface area contributed by atoms with Crippen LogP contribution < -0.4 is 4.74 Å². The third-order valence-electron chi connectivity index (χ3n) is 3.16. The minimum Gasteiger partial charge on any atom is -0.482 e. The number of hydrogen-bond acceptors (Lipinski definition) is 5. The van der Waals surface area contributed by atoms with Crippen molar-refractivity contribution in [1.29, 1.82) is 0 Å². The van der Waals surface area contributed by atoms with Crippen molar-refractivity contribution in [2.24, 2.45) is 0 Å². The molecule has 0 aliphatic carbocycles. The number of nitro groups is 1. The zero-order valence-corrected chi connectivity index (χ0v) is 13.0. The summed E-state index contributed by atoms with van der Waals surface area (Å²) < 4.78 is 24.3. The summed E-state index contributed by atoms with van der Waals surface area (Å²) in [5.74, 6) is -1.81. The SMILES string of the molecule is CCOC(=O)Cc1cc(F)c([N+](=O)[O-])c(OCc2ccccc2)c1. The van der Waals surface area contributed by atoms with Gasteiger partial charge in [0, 0.05) is 0 Å². The monoisotopic (exact) mass is 333 g/mol. The number of esters is 1. The molecule has 0 heterocycles. The molecule has 6 nitrogen and oxygen atoms in total. The number of nitro benzene ring substituents is 1. The Morgan fingerprint density at radius 2 is 1.92 bits per heavy atom. The summed E-state index contributed by atoms with van der Waals surface area (Å²) in [5, 5.41) is 11.1. The van der Waals surface area contributed by atoms with E-state index in [1.54, 1.807) is 31.2 Å². The standard InChI is InChI=1S/C17H16FNO5/c1-2-23-16(20)10-13-8-14(18)17(19(21)22)15(9-13)24-11-12-6-4-3-5-7-12/h3-9H,2,10-11H2,1H3. The average molecular weight is 333 g/mol. The molecule has 0 aromatic heterocycles. The Kier molecular flexibility index (Phi) is 5.83. The van der Waals surface area contributed by atoms with Gasteiger partial charge in [0.05, 0.1) is 18.0 Å². The molecule has 0 spiro atoms. The molecule has 0 saturated carbocycles. The molecular formula is C17H16FNO5. The molecule has 0 bridgehead atoms. The minimum absolute atomic E-state index is 0.0456. The lowest BCUT2D eigenvalue weighted by atomic mass is 10.1. The fraction of sp³-hybridized carbons (Fsp3) is 0.235. The summed E-state index contributed by atoms with van der Waals surface area (Å²) in [4.78, 5) is 21.8. The van der Waals surface area contributed by atoms with E-state index in [4.69, 9.17) is 9.47 Å².